The van der Waals surface area contributed by atoms with Crippen LogP contribution >= 0.6 is 0 Å². The van der Waals surface area contributed by atoms with Gasteiger partial charge in [-0.3, -0.25) is 0 Å². The van der Waals surface area contributed by atoms with Crippen molar-refractivity contribution in [2.45, 2.75) is 130 Å². The Labute approximate surface area is 178 Å². The summed E-state index contributed by atoms with van der Waals surface area (Å²) in [6.45, 7) is 24.6. The predicted octanol–water partition coefficient (Wildman–Crippen LogP) is 9.19. The van der Waals surface area contributed by atoms with Crippen molar-refractivity contribution in [3.63, 3.8) is 0 Å². The quantitative estimate of drug-likeness (QED) is 0.170. The van der Waals surface area contributed by atoms with E-state index in [2.05, 4.69) is 68.5 Å². The van der Waals surface area contributed by atoms with E-state index in [9.17, 15) is 0 Å². The molecule has 0 aromatic rings. The van der Waals surface area contributed by atoms with Crippen molar-refractivity contribution in [2.24, 2.45) is 0 Å². The molecule has 0 aliphatic heterocycles. The molecule has 0 heterocycles. The molecule has 0 radical (unpaired) electrons. The van der Waals surface area contributed by atoms with E-state index < -0.39 is 26.7 Å². The van der Waals surface area contributed by atoms with E-state index in [0.29, 0.717) is 5.04 Å². The molecule has 3 heteroatoms. The molecule has 0 aromatic carbocycles. The second-order valence-corrected chi connectivity index (χ2v) is 29.3. The molecule has 0 amide bonds. The molecule has 0 aromatic heterocycles. The van der Waals surface area contributed by atoms with Crippen LogP contribution in [0.2, 0.25) is 35.9 Å². The van der Waals surface area contributed by atoms with Crippen LogP contribution in [0.3, 0.4) is 0 Å². The van der Waals surface area contributed by atoms with E-state index in [-0.39, 0.29) is 0 Å². The summed E-state index contributed by atoms with van der Waals surface area (Å²) in [6.07, 6.45) is 8.47. The van der Waals surface area contributed by atoms with Crippen molar-refractivity contribution in [2.75, 3.05) is 6.61 Å². The van der Waals surface area contributed by atoms with Gasteiger partial charge in [0.1, 0.15) is 0 Å². The monoisotopic (exact) mass is 504 g/mol. The number of rotatable bonds is 14. The third-order valence-corrected chi connectivity index (χ3v) is 26.8. The summed E-state index contributed by atoms with van der Waals surface area (Å²) in [5.74, 6) is 0. The summed E-state index contributed by atoms with van der Waals surface area (Å²) in [5.41, 5.74) is 3.22. The van der Waals surface area contributed by atoms with Gasteiger partial charge < -0.3 is 0 Å². The second-order valence-electron chi connectivity index (χ2n) is 10.6. The zero-order valence-corrected chi connectivity index (χ0v) is 24.5. The van der Waals surface area contributed by atoms with Crippen LogP contribution in [0, 0.1) is 0 Å². The predicted molar refractivity (Wildman–Crippen MR) is 131 cm³/mol. The molecular formula is C24H52OSiSn. The summed E-state index contributed by atoms with van der Waals surface area (Å²) >= 11 is -2.14. The molecule has 1 nitrogen and oxygen atoms in total. The van der Waals surface area contributed by atoms with Gasteiger partial charge in [0.2, 0.25) is 0 Å². The Kier molecular flexibility index (Phi) is 13.5. The van der Waals surface area contributed by atoms with Gasteiger partial charge in [-0.2, -0.15) is 0 Å². The molecule has 0 aliphatic carbocycles. The molecule has 0 spiro atoms. The number of hydrogen-bond donors (Lipinski definition) is 0. The Morgan fingerprint density at radius 1 is 0.815 bits per heavy atom. The zero-order chi connectivity index (χ0) is 21.1. The summed E-state index contributed by atoms with van der Waals surface area (Å²) in [5, 5.41) is 0.298. The standard InChI is InChI=1S/C12H25OSi.3C4H9.Sn/c1-10(2)11(3)9-13-14(7,8)12(4,5)6;3*1-3-4-2;/h3,9H2,1-2,4-8H3;3*1,3-4H2,2H3;. The van der Waals surface area contributed by atoms with Gasteiger partial charge in [-0.25, -0.2) is 0 Å². The average Bonchev–Trinajstić information content (AvgIpc) is 2.58. The van der Waals surface area contributed by atoms with Crippen molar-refractivity contribution in [3.8, 4) is 0 Å². The van der Waals surface area contributed by atoms with Crippen LogP contribution in [0.15, 0.2) is 11.1 Å². The van der Waals surface area contributed by atoms with Crippen molar-refractivity contribution in [3.05, 3.63) is 11.1 Å². The molecule has 0 bridgehead atoms. The molecule has 0 unspecified atom stereocenters. The van der Waals surface area contributed by atoms with Gasteiger partial charge in [0, 0.05) is 0 Å². The SMILES string of the molecule is CCC[CH2][Sn]([CH2]CCC)([CH2]CCC)[CH2]C(CO[Si](C)(C)C(C)(C)C)=C(C)C. The van der Waals surface area contributed by atoms with E-state index in [4.69, 9.17) is 4.43 Å². The van der Waals surface area contributed by atoms with Gasteiger partial charge in [0.05, 0.1) is 0 Å². The second kappa shape index (κ2) is 13.1. The van der Waals surface area contributed by atoms with Gasteiger partial charge in [0.15, 0.2) is 0 Å². The molecule has 0 atom stereocenters. The Hall–Kier alpha value is 0.716. The average molecular weight is 503 g/mol. The van der Waals surface area contributed by atoms with E-state index in [1.165, 1.54) is 43.0 Å². The molecule has 162 valence electrons. The third kappa shape index (κ3) is 10.3. The van der Waals surface area contributed by atoms with Gasteiger partial charge in [-0.15, -0.1) is 0 Å². The number of hydrogen-bond acceptors (Lipinski definition) is 1. The van der Waals surface area contributed by atoms with Crippen molar-refractivity contribution in [1.82, 2.24) is 0 Å². The zero-order valence-electron chi connectivity index (χ0n) is 20.7. The molecule has 0 fully saturated rings. The van der Waals surface area contributed by atoms with Crippen LogP contribution in [0.4, 0.5) is 0 Å². The molecule has 0 saturated carbocycles. The Balaban J connectivity index is 5.46. The first kappa shape index (κ1) is 27.7. The van der Waals surface area contributed by atoms with Crippen LogP contribution in [0.5, 0.6) is 0 Å². The van der Waals surface area contributed by atoms with Gasteiger partial charge in [-0.1, -0.05) is 0 Å². The fourth-order valence-corrected chi connectivity index (χ4v) is 21.6. The Bertz CT molecular complexity index is 408. The molecule has 0 rings (SSSR count). The summed E-state index contributed by atoms with van der Waals surface area (Å²) < 4.78 is 13.0. The maximum atomic E-state index is 6.69. The first-order valence-corrected chi connectivity index (χ1v) is 22.7. The number of allylic oxidation sites excluding steroid dienone is 1. The minimum absolute atomic E-state index is 0.298. The van der Waals surface area contributed by atoms with E-state index in [1.807, 2.05) is 0 Å². The first-order chi connectivity index (χ1) is 12.4. The molecule has 27 heavy (non-hydrogen) atoms. The maximum absolute atomic E-state index is 6.69. The summed E-state index contributed by atoms with van der Waals surface area (Å²) in [4.78, 5) is 0. The normalized spacial score (nSPS) is 13.1. The molecule has 0 saturated heterocycles. The summed E-state index contributed by atoms with van der Waals surface area (Å²) in [6, 6.07) is 0. The van der Waals surface area contributed by atoms with Crippen LogP contribution in [-0.4, -0.2) is 33.3 Å². The Morgan fingerprint density at radius 3 is 1.52 bits per heavy atom. The summed E-state index contributed by atoms with van der Waals surface area (Å²) in [7, 11) is -1.68. The minimum atomic E-state index is -2.14. The molecular weight excluding hydrogens is 451 g/mol. The fourth-order valence-electron chi connectivity index (χ4n) is 3.60. The third-order valence-electron chi connectivity index (χ3n) is 6.89. The fraction of sp³-hybridized carbons (Fsp3) is 0.917. The number of unbranched alkanes of at least 4 members (excludes halogenated alkanes) is 3. The first-order valence-electron chi connectivity index (χ1n) is 11.7. The van der Waals surface area contributed by atoms with E-state index in [1.54, 1.807) is 24.5 Å². The van der Waals surface area contributed by atoms with Crippen LogP contribution in [0.25, 0.3) is 0 Å². The van der Waals surface area contributed by atoms with Crippen molar-refractivity contribution in [1.29, 1.82) is 0 Å². The van der Waals surface area contributed by atoms with Crippen LogP contribution < -0.4 is 0 Å². The van der Waals surface area contributed by atoms with Crippen molar-refractivity contribution >= 4 is 26.7 Å². The topological polar surface area (TPSA) is 9.23 Å². The van der Waals surface area contributed by atoms with Gasteiger partial charge >= 0.3 is 179 Å². The Morgan fingerprint density at radius 2 is 1.22 bits per heavy atom. The van der Waals surface area contributed by atoms with Crippen LogP contribution in [0.1, 0.15) is 93.9 Å². The van der Waals surface area contributed by atoms with E-state index in [0.717, 1.165) is 6.61 Å². The van der Waals surface area contributed by atoms with E-state index >= 15 is 0 Å². The molecule has 0 aliphatic rings. The molecule has 0 N–H and O–H groups in total. The van der Waals surface area contributed by atoms with Crippen LogP contribution in [-0.2, 0) is 4.43 Å². The van der Waals surface area contributed by atoms with Gasteiger partial charge in [0.25, 0.3) is 0 Å². The van der Waals surface area contributed by atoms with Crippen molar-refractivity contribution < 1.29 is 4.43 Å². The van der Waals surface area contributed by atoms with Gasteiger partial charge in [-0.05, 0) is 0 Å².